The molecule has 1 atom stereocenters. The summed E-state index contributed by atoms with van der Waals surface area (Å²) in [5.41, 5.74) is 1.10. The van der Waals surface area contributed by atoms with Gasteiger partial charge in [0.2, 0.25) is 5.91 Å². The summed E-state index contributed by atoms with van der Waals surface area (Å²) in [6.07, 6.45) is 10.3. The van der Waals surface area contributed by atoms with Gasteiger partial charge in [-0.25, -0.2) is 0 Å². The number of rotatable bonds is 4. The Hall–Kier alpha value is -1.36. The third-order valence-electron chi connectivity index (χ3n) is 4.45. The minimum absolute atomic E-state index is 0.171. The third kappa shape index (κ3) is 3.39. The Morgan fingerprint density at radius 1 is 1.30 bits per heavy atom. The minimum Gasteiger partial charge on any atom is -0.355 e. The van der Waals surface area contributed by atoms with Crippen LogP contribution in [0.1, 0.15) is 56.7 Å². The highest BCUT2D eigenvalue weighted by Gasteiger charge is 2.18. The van der Waals surface area contributed by atoms with Gasteiger partial charge in [0.25, 0.3) is 0 Å². The largest absolute Gasteiger partial charge is 0.355 e. The SMILES string of the molecule is O=C1CCC(NCc2ccn(C3CCCCC3)n2)CN1. The van der Waals surface area contributed by atoms with Gasteiger partial charge in [0, 0.05) is 31.7 Å². The Labute approximate surface area is 120 Å². The van der Waals surface area contributed by atoms with Crippen LogP contribution >= 0.6 is 0 Å². The van der Waals surface area contributed by atoms with E-state index in [0.717, 1.165) is 25.2 Å². The second-order valence-electron chi connectivity index (χ2n) is 6.00. The molecular weight excluding hydrogens is 252 g/mol. The molecule has 110 valence electrons. The fraction of sp³-hybridized carbons (Fsp3) is 0.733. The Morgan fingerprint density at radius 3 is 2.90 bits per heavy atom. The van der Waals surface area contributed by atoms with Crippen molar-refractivity contribution < 1.29 is 4.79 Å². The number of carbonyl (C=O) groups is 1. The molecule has 1 unspecified atom stereocenters. The van der Waals surface area contributed by atoms with Gasteiger partial charge in [0.1, 0.15) is 0 Å². The number of amides is 1. The van der Waals surface area contributed by atoms with E-state index in [4.69, 9.17) is 5.10 Å². The van der Waals surface area contributed by atoms with E-state index in [0.29, 0.717) is 18.5 Å². The van der Waals surface area contributed by atoms with Crippen LogP contribution in [0.4, 0.5) is 0 Å². The van der Waals surface area contributed by atoms with Gasteiger partial charge in [-0.05, 0) is 25.3 Å². The van der Waals surface area contributed by atoms with Crippen molar-refractivity contribution in [1.29, 1.82) is 0 Å². The molecule has 3 rings (SSSR count). The van der Waals surface area contributed by atoms with Crippen LogP contribution in [0.15, 0.2) is 12.3 Å². The van der Waals surface area contributed by atoms with Crippen LogP contribution in [0.5, 0.6) is 0 Å². The molecule has 1 aliphatic carbocycles. The molecule has 0 bridgehead atoms. The highest BCUT2D eigenvalue weighted by molar-refractivity contribution is 5.76. The van der Waals surface area contributed by atoms with E-state index >= 15 is 0 Å². The van der Waals surface area contributed by atoms with E-state index in [1.165, 1.54) is 32.1 Å². The molecule has 1 saturated heterocycles. The van der Waals surface area contributed by atoms with E-state index in [2.05, 4.69) is 27.6 Å². The summed E-state index contributed by atoms with van der Waals surface area (Å²) in [6.45, 7) is 1.53. The first-order valence-corrected chi connectivity index (χ1v) is 7.85. The quantitative estimate of drug-likeness (QED) is 0.881. The van der Waals surface area contributed by atoms with Crippen LogP contribution in [-0.2, 0) is 11.3 Å². The van der Waals surface area contributed by atoms with Crippen molar-refractivity contribution in [2.24, 2.45) is 0 Å². The molecule has 5 nitrogen and oxygen atoms in total. The average molecular weight is 276 g/mol. The fourth-order valence-electron chi connectivity index (χ4n) is 3.18. The number of nitrogens with one attached hydrogen (secondary N) is 2. The highest BCUT2D eigenvalue weighted by Crippen LogP contribution is 2.27. The topological polar surface area (TPSA) is 59.0 Å². The maximum absolute atomic E-state index is 11.1. The zero-order chi connectivity index (χ0) is 13.8. The predicted octanol–water partition coefficient (Wildman–Crippen LogP) is 1.76. The number of aromatic nitrogens is 2. The molecule has 1 amide bonds. The Bertz CT molecular complexity index is 440. The maximum Gasteiger partial charge on any atom is 0.220 e. The molecule has 1 aromatic rings. The van der Waals surface area contributed by atoms with Crippen LogP contribution in [0.3, 0.4) is 0 Å². The Morgan fingerprint density at radius 2 is 2.15 bits per heavy atom. The number of carbonyl (C=O) groups excluding carboxylic acids is 1. The number of hydrogen-bond donors (Lipinski definition) is 2. The first-order chi connectivity index (χ1) is 9.81. The van der Waals surface area contributed by atoms with E-state index in [-0.39, 0.29) is 5.91 Å². The summed E-state index contributed by atoms with van der Waals surface area (Å²) in [6, 6.07) is 3.10. The summed E-state index contributed by atoms with van der Waals surface area (Å²) >= 11 is 0. The van der Waals surface area contributed by atoms with Crippen LogP contribution in [-0.4, -0.2) is 28.3 Å². The lowest BCUT2D eigenvalue weighted by Crippen LogP contribution is -2.45. The standard InChI is InChI=1S/C15H24N4O/c20-15-7-6-12(10-17-15)16-11-13-8-9-19(18-13)14-4-2-1-3-5-14/h8-9,12,14,16H,1-7,10-11H2,(H,17,20). The summed E-state index contributed by atoms with van der Waals surface area (Å²) in [7, 11) is 0. The van der Waals surface area contributed by atoms with Crippen molar-refractivity contribution in [2.75, 3.05) is 6.54 Å². The van der Waals surface area contributed by atoms with Gasteiger partial charge < -0.3 is 10.6 Å². The molecule has 1 saturated carbocycles. The minimum atomic E-state index is 0.171. The first kappa shape index (κ1) is 13.6. The lowest BCUT2D eigenvalue weighted by Gasteiger charge is -2.23. The van der Waals surface area contributed by atoms with Crippen LogP contribution in [0.25, 0.3) is 0 Å². The molecule has 2 aliphatic rings. The normalized spacial score (nSPS) is 24.6. The van der Waals surface area contributed by atoms with Gasteiger partial charge in [-0.1, -0.05) is 19.3 Å². The van der Waals surface area contributed by atoms with Crippen molar-refractivity contribution in [1.82, 2.24) is 20.4 Å². The third-order valence-corrected chi connectivity index (χ3v) is 4.45. The average Bonchev–Trinajstić information content (AvgIpc) is 2.97. The molecule has 2 fully saturated rings. The molecule has 0 spiro atoms. The molecule has 0 radical (unpaired) electrons. The van der Waals surface area contributed by atoms with E-state index in [9.17, 15) is 4.79 Å². The fourth-order valence-corrected chi connectivity index (χ4v) is 3.18. The van der Waals surface area contributed by atoms with E-state index < -0.39 is 0 Å². The lowest BCUT2D eigenvalue weighted by molar-refractivity contribution is -0.122. The number of hydrogen-bond acceptors (Lipinski definition) is 3. The van der Waals surface area contributed by atoms with Gasteiger partial charge in [0.15, 0.2) is 0 Å². The molecule has 0 aromatic carbocycles. The van der Waals surface area contributed by atoms with E-state index in [1.807, 2.05) is 0 Å². The van der Waals surface area contributed by atoms with Crippen molar-refractivity contribution in [3.05, 3.63) is 18.0 Å². The molecule has 2 N–H and O–H groups in total. The Balaban J connectivity index is 1.48. The van der Waals surface area contributed by atoms with Gasteiger partial charge in [-0.2, -0.15) is 5.10 Å². The summed E-state index contributed by atoms with van der Waals surface area (Å²) in [5, 5.41) is 11.1. The maximum atomic E-state index is 11.1. The predicted molar refractivity (Wildman–Crippen MR) is 77.2 cm³/mol. The Kier molecular flexibility index (Phi) is 4.35. The highest BCUT2D eigenvalue weighted by atomic mass is 16.1. The van der Waals surface area contributed by atoms with Crippen LogP contribution < -0.4 is 10.6 Å². The van der Waals surface area contributed by atoms with Crippen molar-refractivity contribution in [2.45, 2.75) is 63.6 Å². The smallest absolute Gasteiger partial charge is 0.220 e. The molecule has 5 heteroatoms. The first-order valence-electron chi connectivity index (χ1n) is 7.85. The van der Waals surface area contributed by atoms with Gasteiger partial charge in [-0.3, -0.25) is 9.48 Å². The van der Waals surface area contributed by atoms with E-state index in [1.54, 1.807) is 0 Å². The number of nitrogens with zero attached hydrogens (tertiary/aromatic N) is 2. The second-order valence-corrected chi connectivity index (χ2v) is 6.00. The lowest BCUT2D eigenvalue weighted by atomic mass is 9.96. The number of piperidine rings is 1. The molecule has 2 heterocycles. The van der Waals surface area contributed by atoms with Gasteiger partial charge in [0.05, 0.1) is 11.7 Å². The van der Waals surface area contributed by atoms with Gasteiger partial charge in [-0.15, -0.1) is 0 Å². The molecule has 1 aromatic heterocycles. The van der Waals surface area contributed by atoms with Crippen molar-refractivity contribution >= 4 is 5.91 Å². The zero-order valence-electron chi connectivity index (χ0n) is 12.0. The molecule has 1 aliphatic heterocycles. The summed E-state index contributed by atoms with van der Waals surface area (Å²) < 4.78 is 2.15. The summed E-state index contributed by atoms with van der Waals surface area (Å²) in [4.78, 5) is 11.1. The second kappa shape index (κ2) is 6.39. The molecule has 20 heavy (non-hydrogen) atoms. The van der Waals surface area contributed by atoms with Crippen LogP contribution in [0, 0.1) is 0 Å². The summed E-state index contributed by atoms with van der Waals surface area (Å²) in [5.74, 6) is 0.171. The van der Waals surface area contributed by atoms with Crippen molar-refractivity contribution in [3.63, 3.8) is 0 Å². The van der Waals surface area contributed by atoms with Crippen LogP contribution in [0.2, 0.25) is 0 Å². The molecular formula is C15H24N4O. The van der Waals surface area contributed by atoms with Gasteiger partial charge >= 0.3 is 0 Å². The van der Waals surface area contributed by atoms with Crippen molar-refractivity contribution in [3.8, 4) is 0 Å². The monoisotopic (exact) mass is 276 g/mol. The zero-order valence-corrected chi connectivity index (χ0v) is 12.0.